The van der Waals surface area contributed by atoms with E-state index in [9.17, 15) is 4.79 Å². The van der Waals surface area contributed by atoms with Crippen LogP contribution in [0, 0.1) is 0 Å². The fourth-order valence-electron chi connectivity index (χ4n) is 1.56. The molecule has 0 N–H and O–H groups in total. The Hall–Kier alpha value is -0.683. The maximum Gasteiger partial charge on any atom is 0.341 e. The van der Waals surface area contributed by atoms with Crippen molar-refractivity contribution >= 4 is 51.3 Å². The van der Waals surface area contributed by atoms with Crippen LogP contribution in [0.3, 0.4) is 0 Å². The first-order chi connectivity index (χ1) is 9.90. The van der Waals surface area contributed by atoms with Crippen LogP contribution in [0.5, 0.6) is 5.75 Å². The van der Waals surface area contributed by atoms with Crippen LogP contribution in [0.15, 0.2) is 30.3 Å². The maximum absolute atomic E-state index is 11.0. The lowest BCUT2D eigenvalue weighted by molar-refractivity contribution is -0.134. The van der Waals surface area contributed by atoms with Gasteiger partial charge in [0.05, 0.1) is 13.7 Å². The summed E-state index contributed by atoms with van der Waals surface area (Å²) < 4.78 is 10.2. The SMILES string of the molecule is COC(=O)C=Cc1cccc(OCCCC[Si](Cl)(Cl)Cl)c1. The molecule has 0 fully saturated rings. The highest BCUT2D eigenvalue weighted by Crippen LogP contribution is 2.27. The predicted molar refractivity (Wildman–Crippen MR) is 90.3 cm³/mol. The molecule has 7 heteroatoms. The maximum atomic E-state index is 11.0. The second-order valence-corrected chi connectivity index (χ2v) is 13.6. The fourth-order valence-corrected chi connectivity index (χ4v) is 3.41. The monoisotopic (exact) mass is 366 g/mol. The summed E-state index contributed by atoms with van der Waals surface area (Å²) in [5, 5.41) is 0. The second-order valence-electron chi connectivity index (χ2n) is 4.35. The number of rotatable bonds is 8. The van der Waals surface area contributed by atoms with E-state index in [0.29, 0.717) is 12.7 Å². The lowest BCUT2D eigenvalue weighted by Gasteiger charge is -2.09. The third-order valence-electron chi connectivity index (χ3n) is 2.59. The molecular weight excluding hydrogens is 351 g/mol. The number of ether oxygens (including phenoxy) is 2. The molecule has 1 aromatic rings. The quantitative estimate of drug-likeness (QED) is 0.220. The van der Waals surface area contributed by atoms with Crippen LogP contribution >= 0.6 is 33.2 Å². The summed E-state index contributed by atoms with van der Waals surface area (Å²) in [6, 6.07) is 5.58. The molecular formula is C14H17Cl3O3Si. The summed E-state index contributed by atoms with van der Waals surface area (Å²) in [5.74, 6) is 0.352. The normalized spacial score (nSPS) is 11.6. The molecule has 21 heavy (non-hydrogen) atoms. The smallest absolute Gasteiger partial charge is 0.341 e. The van der Waals surface area contributed by atoms with Crippen molar-refractivity contribution in [3.05, 3.63) is 35.9 Å². The Kier molecular flexibility index (Phi) is 8.18. The number of carbonyl (C=O) groups is 1. The molecule has 0 amide bonds. The summed E-state index contributed by atoms with van der Waals surface area (Å²) in [6.45, 7) is 0.569. The first-order valence-electron chi connectivity index (χ1n) is 6.46. The van der Waals surface area contributed by atoms with E-state index in [1.54, 1.807) is 6.08 Å². The van der Waals surface area contributed by atoms with Crippen LogP contribution in [0.25, 0.3) is 6.08 Å². The minimum Gasteiger partial charge on any atom is -0.494 e. The fraction of sp³-hybridized carbons (Fsp3) is 0.357. The second kappa shape index (κ2) is 9.36. The zero-order chi connectivity index (χ0) is 15.7. The third-order valence-corrected chi connectivity index (χ3v) is 5.22. The van der Waals surface area contributed by atoms with Crippen molar-refractivity contribution in [3.63, 3.8) is 0 Å². The van der Waals surface area contributed by atoms with E-state index in [4.69, 9.17) is 38.0 Å². The molecule has 116 valence electrons. The molecule has 0 saturated carbocycles. The van der Waals surface area contributed by atoms with Gasteiger partial charge < -0.3 is 9.47 Å². The first kappa shape index (κ1) is 18.4. The van der Waals surface area contributed by atoms with Crippen molar-refractivity contribution in [2.24, 2.45) is 0 Å². The number of unbranched alkanes of at least 4 members (excludes halogenated alkanes) is 1. The predicted octanol–water partition coefficient (Wildman–Crippen LogP) is 4.69. The molecule has 0 unspecified atom stereocenters. The van der Waals surface area contributed by atoms with Gasteiger partial charge in [0.25, 0.3) is 0 Å². The van der Waals surface area contributed by atoms with E-state index in [1.807, 2.05) is 24.3 Å². The van der Waals surface area contributed by atoms with E-state index >= 15 is 0 Å². The van der Waals surface area contributed by atoms with Gasteiger partial charge in [-0.1, -0.05) is 12.1 Å². The van der Waals surface area contributed by atoms with Gasteiger partial charge in [0.15, 0.2) is 0 Å². The van der Waals surface area contributed by atoms with E-state index in [-0.39, 0.29) is 0 Å². The highest BCUT2D eigenvalue weighted by atomic mass is 35.8. The Morgan fingerprint density at radius 2 is 2.05 bits per heavy atom. The summed E-state index contributed by atoms with van der Waals surface area (Å²) in [5.41, 5.74) is 0.867. The highest BCUT2D eigenvalue weighted by molar-refractivity contribution is 7.64. The summed E-state index contributed by atoms with van der Waals surface area (Å²) in [6.07, 6.45) is 4.71. The van der Waals surface area contributed by atoms with Crippen molar-refractivity contribution in [2.45, 2.75) is 18.9 Å². The molecule has 1 rings (SSSR count). The number of benzene rings is 1. The molecule has 0 heterocycles. The summed E-state index contributed by atoms with van der Waals surface area (Å²) in [7, 11) is 1.34. The number of methoxy groups -OCH3 is 1. The minimum absolute atomic E-state index is 0.391. The van der Waals surface area contributed by atoms with Gasteiger partial charge in [-0.2, -0.15) is 0 Å². The van der Waals surface area contributed by atoms with Gasteiger partial charge in [-0.3, -0.25) is 0 Å². The molecule has 0 bridgehead atoms. The molecule has 1 aromatic carbocycles. The molecule has 0 saturated heterocycles. The number of hydrogen-bond acceptors (Lipinski definition) is 3. The van der Waals surface area contributed by atoms with Crippen molar-refractivity contribution in [1.29, 1.82) is 0 Å². The molecule has 0 aliphatic heterocycles. The molecule has 3 nitrogen and oxygen atoms in total. The zero-order valence-corrected chi connectivity index (χ0v) is 14.9. The summed E-state index contributed by atoms with van der Waals surface area (Å²) in [4.78, 5) is 11.0. The van der Waals surface area contributed by atoms with Crippen molar-refractivity contribution in [2.75, 3.05) is 13.7 Å². The Labute approximate surface area is 139 Å². The van der Waals surface area contributed by atoms with Crippen LogP contribution in [0.1, 0.15) is 18.4 Å². The topological polar surface area (TPSA) is 35.5 Å². The lowest BCUT2D eigenvalue weighted by atomic mass is 10.2. The van der Waals surface area contributed by atoms with Gasteiger partial charge in [-0.15, -0.1) is 33.2 Å². The van der Waals surface area contributed by atoms with Crippen LogP contribution in [-0.4, -0.2) is 25.7 Å². The molecule has 0 spiro atoms. The molecule has 0 aliphatic carbocycles. The Balaban J connectivity index is 2.39. The Bertz CT molecular complexity index is 487. The van der Waals surface area contributed by atoms with Gasteiger partial charge in [0, 0.05) is 6.08 Å². The molecule has 0 atom stereocenters. The minimum atomic E-state index is -2.51. The van der Waals surface area contributed by atoms with Gasteiger partial charge in [-0.05, 0) is 42.7 Å². The highest BCUT2D eigenvalue weighted by Gasteiger charge is 2.23. The van der Waals surface area contributed by atoms with Gasteiger partial charge in [0.2, 0.25) is 0 Å². The average molecular weight is 368 g/mol. The third kappa shape index (κ3) is 9.04. The molecule has 0 aliphatic rings. The molecule has 0 aromatic heterocycles. The van der Waals surface area contributed by atoms with Crippen LogP contribution in [-0.2, 0) is 9.53 Å². The van der Waals surface area contributed by atoms with Crippen molar-refractivity contribution in [3.8, 4) is 5.75 Å². The first-order valence-corrected chi connectivity index (χ1v) is 11.7. The van der Waals surface area contributed by atoms with Crippen molar-refractivity contribution in [1.82, 2.24) is 0 Å². The lowest BCUT2D eigenvalue weighted by Crippen LogP contribution is -2.09. The van der Waals surface area contributed by atoms with E-state index in [2.05, 4.69) is 4.74 Å². The van der Waals surface area contributed by atoms with Gasteiger partial charge in [0.1, 0.15) is 5.75 Å². The number of esters is 1. The van der Waals surface area contributed by atoms with Crippen molar-refractivity contribution < 1.29 is 14.3 Å². The van der Waals surface area contributed by atoms with Crippen LogP contribution in [0.2, 0.25) is 6.04 Å². The Morgan fingerprint density at radius 1 is 1.29 bits per heavy atom. The zero-order valence-electron chi connectivity index (χ0n) is 11.7. The van der Waals surface area contributed by atoms with E-state index in [0.717, 1.165) is 24.2 Å². The average Bonchev–Trinajstić information content (AvgIpc) is 2.43. The molecule has 0 radical (unpaired) electrons. The largest absolute Gasteiger partial charge is 0.494 e. The van der Waals surface area contributed by atoms with Gasteiger partial charge in [-0.25, -0.2) is 4.79 Å². The van der Waals surface area contributed by atoms with Crippen LogP contribution in [0.4, 0.5) is 0 Å². The standard InChI is InChI=1S/C14H17Cl3O3Si/c1-19-14(18)8-7-12-5-4-6-13(11-12)20-9-2-3-10-21(15,16)17/h4-8,11H,2-3,9-10H2,1H3. The number of hydrogen-bond donors (Lipinski definition) is 0. The summed E-state index contributed by atoms with van der Waals surface area (Å²) >= 11 is 17.4. The van der Waals surface area contributed by atoms with Crippen LogP contribution < -0.4 is 4.74 Å². The Morgan fingerprint density at radius 3 is 2.71 bits per heavy atom. The number of halogens is 3. The number of carbonyl (C=O) groups excluding carboxylic acids is 1. The van der Waals surface area contributed by atoms with E-state index in [1.165, 1.54) is 13.2 Å². The van der Waals surface area contributed by atoms with E-state index < -0.39 is 12.0 Å². The van der Waals surface area contributed by atoms with Gasteiger partial charge >= 0.3 is 12.0 Å².